The fourth-order valence-corrected chi connectivity index (χ4v) is 7.86. The molecule has 0 bridgehead atoms. The van der Waals surface area contributed by atoms with Gasteiger partial charge in [-0.2, -0.15) is 0 Å². The van der Waals surface area contributed by atoms with E-state index in [1.807, 2.05) is 47.0 Å². The topological polar surface area (TPSA) is 50.1 Å². The molecule has 4 aromatic carbocycles. The van der Waals surface area contributed by atoms with Gasteiger partial charge in [0.05, 0.1) is 22.0 Å². The van der Waals surface area contributed by atoms with Crippen molar-refractivity contribution in [2.75, 3.05) is 0 Å². The number of nitrogens with one attached hydrogen (secondary N) is 1. The maximum atomic E-state index is 14.5. The van der Waals surface area contributed by atoms with Crippen LogP contribution in [-0.2, 0) is 6.42 Å². The minimum Gasteiger partial charge on any atom is -0.354 e. The van der Waals surface area contributed by atoms with E-state index in [0.717, 1.165) is 62.2 Å². The number of nitrogens with zero attached hydrogens (tertiary/aromatic N) is 2. The zero-order valence-electron chi connectivity index (χ0n) is 23.8. The van der Waals surface area contributed by atoms with Crippen LogP contribution in [0.5, 0.6) is 0 Å². The first kappa shape index (κ1) is 26.2. The monoisotopic (exact) mass is 597 g/mol. The zero-order chi connectivity index (χ0) is 29.2. The maximum Gasteiger partial charge on any atom is 0.271 e. The summed E-state index contributed by atoms with van der Waals surface area (Å²) in [4.78, 5) is 24.1. The number of H-pyrrole nitrogens is 1. The predicted octanol–water partition coefficient (Wildman–Crippen LogP) is 7.74. The van der Waals surface area contributed by atoms with E-state index in [2.05, 4.69) is 73.4 Å². The molecular weight excluding hydrogens is 570 g/mol. The summed E-state index contributed by atoms with van der Waals surface area (Å²) in [6, 6.07) is 30.9. The number of fused-ring (bicyclic) bond motifs is 4. The fraction of sp³-hybridized carbons (Fsp3) is 0.135. The van der Waals surface area contributed by atoms with Crippen LogP contribution in [0, 0.1) is 13.8 Å². The third kappa shape index (κ3) is 4.26. The molecule has 6 aromatic rings. The van der Waals surface area contributed by atoms with Gasteiger partial charge in [0.25, 0.3) is 5.56 Å². The minimum absolute atomic E-state index is 0.0214. The first-order chi connectivity index (χ1) is 21.0. The van der Waals surface area contributed by atoms with Crippen LogP contribution in [0.4, 0.5) is 0 Å². The van der Waals surface area contributed by atoms with Gasteiger partial charge in [0.2, 0.25) is 0 Å². The summed E-state index contributed by atoms with van der Waals surface area (Å²) in [5.41, 5.74) is 12.3. The van der Waals surface area contributed by atoms with Gasteiger partial charge in [-0.25, -0.2) is 4.99 Å². The van der Waals surface area contributed by atoms with E-state index >= 15 is 0 Å². The summed E-state index contributed by atoms with van der Waals surface area (Å²) in [6.07, 6.45) is 3.85. The second-order valence-corrected chi connectivity index (χ2v) is 12.9. The lowest BCUT2D eigenvalue weighted by Gasteiger charge is -2.30. The Balaban J connectivity index is 1.41. The molecule has 1 aliphatic carbocycles. The SMILES string of the molecule is Cc1cc(C)c2[nH]c(-c3ccccc3)c(/C=c3/sc4n(c3=O)[C@H](c3ccc(Cl)cc3)C3=C(N=4)c4ccccc4CC3)c2c1. The van der Waals surface area contributed by atoms with Gasteiger partial charge in [-0.05, 0) is 78.8 Å². The quantitative estimate of drug-likeness (QED) is 0.223. The molecule has 210 valence electrons. The average molecular weight is 598 g/mol. The van der Waals surface area contributed by atoms with Gasteiger partial charge in [-0.3, -0.25) is 9.36 Å². The highest BCUT2D eigenvalue weighted by atomic mass is 35.5. The van der Waals surface area contributed by atoms with Crippen molar-refractivity contribution in [3.8, 4) is 11.3 Å². The molecule has 6 heteroatoms. The normalized spacial score (nSPS) is 16.2. The largest absolute Gasteiger partial charge is 0.354 e. The van der Waals surface area contributed by atoms with Crippen molar-refractivity contribution in [2.24, 2.45) is 4.99 Å². The lowest BCUT2D eigenvalue weighted by atomic mass is 9.83. The number of thiazole rings is 1. The molecule has 0 unspecified atom stereocenters. The van der Waals surface area contributed by atoms with E-state index in [1.54, 1.807) is 0 Å². The molecule has 2 aromatic heterocycles. The van der Waals surface area contributed by atoms with Crippen molar-refractivity contribution in [1.82, 2.24) is 9.55 Å². The Morgan fingerprint density at radius 2 is 1.72 bits per heavy atom. The van der Waals surface area contributed by atoms with E-state index in [4.69, 9.17) is 16.6 Å². The van der Waals surface area contributed by atoms with Crippen molar-refractivity contribution in [1.29, 1.82) is 0 Å². The smallest absolute Gasteiger partial charge is 0.271 e. The van der Waals surface area contributed by atoms with Gasteiger partial charge < -0.3 is 4.98 Å². The summed E-state index contributed by atoms with van der Waals surface area (Å²) >= 11 is 7.77. The molecule has 0 spiro atoms. The van der Waals surface area contributed by atoms with Gasteiger partial charge in [-0.15, -0.1) is 0 Å². The zero-order valence-corrected chi connectivity index (χ0v) is 25.4. The number of rotatable bonds is 3. The van der Waals surface area contributed by atoms with Crippen LogP contribution in [0.3, 0.4) is 0 Å². The van der Waals surface area contributed by atoms with Crippen LogP contribution >= 0.6 is 22.9 Å². The summed E-state index contributed by atoms with van der Waals surface area (Å²) < 4.78 is 2.57. The maximum absolute atomic E-state index is 14.5. The first-order valence-electron chi connectivity index (χ1n) is 14.5. The van der Waals surface area contributed by atoms with Crippen molar-refractivity contribution in [3.63, 3.8) is 0 Å². The minimum atomic E-state index is -0.236. The molecule has 3 heterocycles. The predicted molar refractivity (Wildman–Crippen MR) is 177 cm³/mol. The van der Waals surface area contributed by atoms with Crippen LogP contribution in [0.1, 0.15) is 45.8 Å². The number of benzene rings is 4. The summed E-state index contributed by atoms with van der Waals surface area (Å²) in [6.45, 7) is 4.25. The molecule has 2 aliphatic rings. The van der Waals surface area contributed by atoms with Gasteiger partial charge in [0.1, 0.15) is 0 Å². The fourth-order valence-electron chi connectivity index (χ4n) is 6.75. The van der Waals surface area contributed by atoms with Crippen LogP contribution in [0.15, 0.2) is 106 Å². The number of hydrogen-bond acceptors (Lipinski definition) is 3. The van der Waals surface area contributed by atoms with Crippen molar-refractivity contribution >= 4 is 45.6 Å². The highest BCUT2D eigenvalue weighted by Gasteiger charge is 2.32. The number of halogens is 1. The first-order valence-corrected chi connectivity index (χ1v) is 15.7. The molecule has 0 saturated heterocycles. The summed E-state index contributed by atoms with van der Waals surface area (Å²) in [5, 5.41) is 1.79. The van der Waals surface area contributed by atoms with E-state index in [-0.39, 0.29) is 11.6 Å². The standard InChI is InChI=1S/C37H28ClN3OS/c1-21-18-22(2)32-29(19-21)30(33(39-32)24-9-4-3-5-10-24)20-31-36(42)41-35(25-12-15-26(38)16-13-25)28-17-14-23-8-6-7-11-27(23)34(28)40-37(41)43-31/h3-13,15-16,18-20,35,39H,14,17H2,1-2H3/b31-20+/t35-/m1/s1. The highest BCUT2D eigenvalue weighted by molar-refractivity contribution is 7.07. The Morgan fingerprint density at radius 1 is 0.953 bits per heavy atom. The lowest BCUT2D eigenvalue weighted by Crippen LogP contribution is -2.38. The Hall–Kier alpha value is -4.45. The molecule has 1 aliphatic heterocycles. The molecule has 0 saturated carbocycles. The van der Waals surface area contributed by atoms with E-state index < -0.39 is 0 Å². The molecule has 0 radical (unpaired) electrons. The third-order valence-corrected chi connectivity index (χ3v) is 9.92. The second-order valence-electron chi connectivity index (χ2n) is 11.4. The van der Waals surface area contributed by atoms with Crippen molar-refractivity contribution in [3.05, 3.63) is 155 Å². The van der Waals surface area contributed by atoms with E-state index in [1.165, 1.54) is 33.6 Å². The molecule has 0 fully saturated rings. The Labute approximate surface area is 258 Å². The molecule has 0 amide bonds. The van der Waals surface area contributed by atoms with Crippen LogP contribution in [0.2, 0.25) is 5.02 Å². The van der Waals surface area contributed by atoms with Crippen LogP contribution in [0.25, 0.3) is 33.9 Å². The Bertz CT molecular complexity index is 2290. The van der Waals surface area contributed by atoms with Crippen molar-refractivity contribution < 1.29 is 0 Å². The second kappa shape index (κ2) is 10.1. The molecule has 43 heavy (non-hydrogen) atoms. The molecule has 4 nitrogen and oxygen atoms in total. The number of aryl methyl sites for hydroxylation is 3. The lowest BCUT2D eigenvalue weighted by molar-refractivity contribution is 0.585. The van der Waals surface area contributed by atoms with Crippen LogP contribution < -0.4 is 14.9 Å². The molecule has 1 atom stereocenters. The van der Waals surface area contributed by atoms with E-state index in [0.29, 0.717) is 9.55 Å². The summed E-state index contributed by atoms with van der Waals surface area (Å²) in [5.74, 6) is 0. The van der Waals surface area contributed by atoms with Crippen LogP contribution in [-0.4, -0.2) is 9.55 Å². The van der Waals surface area contributed by atoms with Gasteiger partial charge in [0, 0.05) is 27.1 Å². The Morgan fingerprint density at radius 3 is 2.53 bits per heavy atom. The average Bonchev–Trinajstić information content (AvgIpc) is 3.54. The Kier molecular flexibility index (Phi) is 6.14. The molecule has 8 rings (SSSR count). The number of aromatic amines is 1. The number of allylic oxidation sites excluding steroid dienone is 1. The third-order valence-electron chi connectivity index (χ3n) is 8.69. The van der Waals surface area contributed by atoms with Crippen molar-refractivity contribution in [2.45, 2.75) is 32.7 Å². The number of hydrogen-bond donors (Lipinski definition) is 1. The molecule has 1 N–H and O–H groups in total. The number of aromatic nitrogens is 2. The van der Waals surface area contributed by atoms with Gasteiger partial charge >= 0.3 is 0 Å². The van der Waals surface area contributed by atoms with E-state index in [9.17, 15) is 4.79 Å². The van der Waals surface area contributed by atoms with Gasteiger partial charge in [-0.1, -0.05) is 101 Å². The molecular formula is C37H28ClN3OS. The van der Waals surface area contributed by atoms with Gasteiger partial charge in [0.15, 0.2) is 4.80 Å². The summed E-state index contributed by atoms with van der Waals surface area (Å²) in [7, 11) is 0. The highest BCUT2D eigenvalue weighted by Crippen LogP contribution is 2.41.